The van der Waals surface area contributed by atoms with E-state index < -0.39 is 4.92 Å². The van der Waals surface area contributed by atoms with E-state index in [1.54, 1.807) is 0 Å². The normalized spacial score (nSPS) is 10.4. The Bertz CT molecular complexity index is 682. The molecule has 0 fully saturated rings. The summed E-state index contributed by atoms with van der Waals surface area (Å²) in [4.78, 5) is 18.4. The summed E-state index contributed by atoms with van der Waals surface area (Å²) in [5, 5.41) is 11.4. The minimum Gasteiger partial charge on any atom is -0.432 e. The molecule has 0 spiro atoms. The third-order valence-corrected chi connectivity index (χ3v) is 2.75. The lowest BCUT2D eigenvalue weighted by Gasteiger charge is -2.07. The van der Waals surface area contributed by atoms with E-state index in [2.05, 4.69) is 9.97 Å². The molecule has 1 aromatic heterocycles. The van der Waals surface area contributed by atoms with Gasteiger partial charge in [0, 0.05) is 24.3 Å². The molecule has 21 heavy (non-hydrogen) atoms. The van der Waals surface area contributed by atoms with Crippen molar-refractivity contribution in [1.82, 2.24) is 9.97 Å². The molecule has 0 aliphatic carbocycles. The van der Waals surface area contributed by atoms with Crippen LogP contribution in [0.3, 0.4) is 0 Å². The van der Waals surface area contributed by atoms with Gasteiger partial charge >= 0.3 is 5.69 Å². The van der Waals surface area contributed by atoms with Gasteiger partial charge < -0.3 is 9.47 Å². The van der Waals surface area contributed by atoms with Gasteiger partial charge in [-0.05, 0) is 12.1 Å². The second-order valence-corrected chi connectivity index (χ2v) is 4.67. The van der Waals surface area contributed by atoms with E-state index in [0.717, 1.165) is 0 Å². The molecule has 1 heterocycles. The number of ether oxygens (including phenoxy) is 2. The van der Waals surface area contributed by atoms with E-state index in [9.17, 15) is 10.1 Å². The van der Waals surface area contributed by atoms with Crippen LogP contribution in [0.5, 0.6) is 11.6 Å². The molecule has 0 unspecified atom stereocenters. The fourth-order valence-corrected chi connectivity index (χ4v) is 1.88. The minimum absolute atomic E-state index is 0.00235. The number of nitro benzene ring substituents is 1. The van der Waals surface area contributed by atoms with Crippen LogP contribution < -0.4 is 4.74 Å². The Hall–Kier alpha value is -1.96. The fraction of sp³-hybridized carbons (Fsp3) is 0.167. The van der Waals surface area contributed by atoms with Gasteiger partial charge in [0.05, 0.1) is 4.92 Å². The highest BCUT2D eigenvalue weighted by molar-refractivity contribution is 6.30. The Morgan fingerprint density at radius 1 is 1.29 bits per heavy atom. The lowest BCUT2D eigenvalue weighted by atomic mass is 10.3. The number of benzene rings is 1. The molecule has 0 atom stereocenters. The molecular weight excluding hydrogens is 321 g/mol. The molecule has 9 heteroatoms. The van der Waals surface area contributed by atoms with Crippen LogP contribution in [0.4, 0.5) is 5.69 Å². The molecule has 0 saturated heterocycles. The molecule has 2 rings (SSSR count). The van der Waals surface area contributed by atoms with Crippen molar-refractivity contribution < 1.29 is 14.4 Å². The Morgan fingerprint density at radius 3 is 2.71 bits per heavy atom. The average molecular weight is 330 g/mol. The molecule has 0 amide bonds. The van der Waals surface area contributed by atoms with E-state index >= 15 is 0 Å². The summed E-state index contributed by atoms with van der Waals surface area (Å²) in [7, 11) is 1.48. The van der Waals surface area contributed by atoms with Crippen LogP contribution in [0.1, 0.15) is 5.82 Å². The van der Waals surface area contributed by atoms with E-state index in [0.29, 0.717) is 5.82 Å². The summed E-state index contributed by atoms with van der Waals surface area (Å²) < 4.78 is 10.3. The van der Waals surface area contributed by atoms with Gasteiger partial charge in [0.2, 0.25) is 11.6 Å². The Kier molecular flexibility index (Phi) is 4.89. The van der Waals surface area contributed by atoms with Gasteiger partial charge in [-0.3, -0.25) is 10.1 Å². The summed E-state index contributed by atoms with van der Waals surface area (Å²) in [6, 6.07) is 5.39. The number of methoxy groups -OCH3 is 1. The summed E-state index contributed by atoms with van der Waals surface area (Å²) in [6.45, 7) is 0.139. The van der Waals surface area contributed by atoms with Crippen molar-refractivity contribution in [3.63, 3.8) is 0 Å². The van der Waals surface area contributed by atoms with Crippen molar-refractivity contribution in [1.29, 1.82) is 0 Å². The third kappa shape index (κ3) is 4.01. The number of nitro groups is 1. The van der Waals surface area contributed by atoms with Crippen LogP contribution in [-0.4, -0.2) is 22.0 Å². The van der Waals surface area contributed by atoms with Gasteiger partial charge in [0.15, 0.2) is 5.82 Å². The van der Waals surface area contributed by atoms with E-state index in [4.69, 9.17) is 32.7 Å². The molecule has 110 valence electrons. The van der Waals surface area contributed by atoms with Crippen LogP contribution in [0, 0.1) is 10.1 Å². The molecule has 0 radical (unpaired) electrons. The molecule has 0 N–H and O–H groups in total. The number of rotatable bonds is 5. The van der Waals surface area contributed by atoms with Crippen molar-refractivity contribution in [2.75, 3.05) is 7.11 Å². The average Bonchev–Trinajstić information content (AvgIpc) is 2.40. The van der Waals surface area contributed by atoms with Crippen LogP contribution >= 0.6 is 23.2 Å². The molecular formula is C12H9Cl2N3O4. The Morgan fingerprint density at radius 2 is 2.05 bits per heavy atom. The molecule has 0 saturated carbocycles. The smallest absolute Gasteiger partial charge is 0.313 e. The Labute approximate surface area is 129 Å². The first-order valence-corrected chi connectivity index (χ1v) is 6.39. The summed E-state index contributed by atoms with van der Waals surface area (Å²) in [6.07, 6.45) is 0. The number of nitrogens with zero attached hydrogens (tertiary/aromatic N) is 3. The number of halogens is 2. The van der Waals surface area contributed by atoms with Gasteiger partial charge in [-0.1, -0.05) is 23.2 Å². The van der Waals surface area contributed by atoms with E-state index in [1.165, 1.54) is 31.4 Å². The van der Waals surface area contributed by atoms with Crippen LogP contribution in [0.15, 0.2) is 24.3 Å². The first-order chi connectivity index (χ1) is 9.99. The quantitative estimate of drug-likeness (QED) is 0.473. The zero-order valence-electron chi connectivity index (χ0n) is 10.7. The van der Waals surface area contributed by atoms with E-state index in [-0.39, 0.29) is 34.1 Å². The molecule has 0 aliphatic rings. The monoisotopic (exact) mass is 329 g/mol. The molecule has 2 aromatic rings. The highest BCUT2D eigenvalue weighted by atomic mass is 35.5. The molecule has 1 aromatic carbocycles. The van der Waals surface area contributed by atoms with Crippen molar-refractivity contribution in [3.8, 4) is 11.6 Å². The highest BCUT2D eigenvalue weighted by Gasteiger charge is 2.17. The van der Waals surface area contributed by atoms with Crippen molar-refractivity contribution in [3.05, 3.63) is 50.4 Å². The van der Waals surface area contributed by atoms with Crippen LogP contribution in [0.2, 0.25) is 10.2 Å². The summed E-state index contributed by atoms with van der Waals surface area (Å²) >= 11 is 11.6. The molecule has 0 aliphatic heterocycles. The second kappa shape index (κ2) is 6.66. The van der Waals surface area contributed by atoms with Crippen molar-refractivity contribution in [2.45, 2.75) is 6.61 Å². The maximum atomic E-state index is 11.0. The van der Waals surface area contributed by atoms with Gasteiger partial charge in [-0.15, -0.1) is 0 Å². The zero-order valence-corrected chi connectivity index (χ0v) is 12.3. The lowest BCUT2D eigenvalue weighted by molar-refractivity contribution is -0.385. The number of hydrogen-bond donors (Lipinski definition) is 0. The van der Waals surface area contributed by atoms with Crippen molar-refractivity contribution >= 4 is 28.9 Å². The second-order valence-electron chi connectivity index (χ2n) is 3.85. The SMILES string of the molecule is COCc1nc(Cl)cc(Oc2ccc(Cl)cc2[N+](=O)[O-])n1. The van der Waals surface area contributed by atoms with Gasteiger partial charge in [0.25, 0.3) is 0 Å². The maximum Gasteiger partial charge on any atom is 0.313 e. The van der Waals surface area contributed by atoms with E-state index in [1.807, 2.05) is 0 Å². The predicted octanol–water partition coefficient (Wildman–Crippen LogP) is 3.63. The van der Waals surface area contributed by atoms with Crippen molar-refractivity contribution in [2.24, 2.45) is 0 Å². The van der Waals surface area contributed by atoms with Gasteiger partial charge in [-0.25, -0.2) is 4.98 Å². The zero-order chi connectivity index (χ0) is 15.4. The van der Waals surface area contributed by atoms with Gasteiger partial charge in [0.1, 0.15) is 11.8 Å². The third-order valence-electron chi connectivity index (χ3n) is 2.32. The van der Waals surface area contributed by atoms with Crippen LogP contribution in [-0.2, 0) is 11.3 Å². The molecule has 0 bridgehead atoms. The highest BCUT2D eigenvalue weighted by Crippen LogP contribution is 2.33. The van der Waals surface area contributed by atoms with Crippen LogP contribution in [0.25, 0.3) is 0 Å². The lowest BCUT2D eigenvalue weighted by Crippen LogP contribution is -2.00. The summed E-state index contributed by atoms with van der Waals surface area (Å²) in [5.41, 5.74) is -0.273. The first kappa shape index (κ1) is 15.4. The number of hydrogen-bond acceptors (Lipinski definition) is 6. The standard InChI is InChI=1S/C12H9Cl2N3O4/c1-20-6-11-15-10(14)5-12(16-11)21-9-3-2-7(13)4-8(9)17(18)19/h2-5H,6H2,1H3. The summed E-state index contributed by atoms with van der Waals surface area (Å²) in [5.74, 6) is 0.381. The molecule has 7 nitrogen and oxygen atoms in total. The largest absolute Gasteiger partial charge is 0.432 e. The maximum absolute atomic E-state index is 11.0. The minimum atomic E-state index is -0.597. The Balaban J connectivity index is 2.36. The van der Waals surface area contributed by atoms with Gasteiger partial charge in [-0.2, -0.15) is 4.98 Å². The number of aromatic nitrogens is 2. The topological polar surface area (TPSA) is 87.4 Å². The predicted molar refractivity (Wildman–Crippen MR) is 75.9 cm³/mol. The first-order valence-electron chi connectivity index (χ1n) is 5.64. The fourth-order valence-electron chi connectivity index (χ4n) is 1.52.